The first-order chi connectivity index (χ1) is 4.33. The summed E-state index contributed by atoms with van der Waals surface area (Å²) < 4.78 is 0. The van der Waals surface area contributed by atoms with Crippen molar-refractivity contribution in [3.8, 4) is 0 Å². The summed E-state index contributed by atoms with van der Waals surface area (Å²) in [7, 11) is -1.41. The number of hydrogen-bond donors (Lipinski definition) is 2. The molecule has 0 saturated carbocycles. The molecule has 0 aliphatic heterocycles. The maximum Gasteiger partial charge on any atom is 0.319 e. The lowest BCUT2D eigenvalue weighted by atomic mass is 10.4. The molecule has 0 aliphatic carbocycles. The van der Waals surface area contributed by atoms with E-state index in [1.807, 2.05) is 0 Å². The van der Waals surface area contributed by atoms with Crippen molar-refractivity contribution in [1.29, 1.82) is 0 Å². The number of aliphatic carboxylic acids is 1. The zero-order valence-electron chi connectivity index (χ0n) is 6.93. The van der Waals surface area contributed by atoms with Crippen LogP contribution in [0.3, 0.4) is 0 Å². The third-order valence-electron chi connectivity index (χ3n) is 1.02. The summed E-state index contributed by atoms with van der Waals surface area (Å²) in [6, 6.07) is -0.410. The van der Waals surface area contributed by atoms with Gasteiger partial charge in [0.2, 0.25) is 0 Å². The minimum Gasteiger partial charge on any atom is -0.480 e. The smallest absolute Gasteiger partial charge is 0.319 e. The van der Waals surface area contributed by atoms with Crippen LogP contribution in [0.5, 0.6) is 0 Å². The topological polar surface area (TPSA) is 49.3 Å². The average Bonchev–Trinajstić information content (AvgIpc) is 1.60. The zero-order valence-corrected chi connectivity index (χ0v) is 7.93. The maximum absolute atomic E-state index is 10.3. The van der Waals surface area contributed by atoms with E-state index >= 15 is 0 Å². The predicted molar refractivity (Wildman–Crippen MR) is 43.6 cm³/mol. The van der Waals surface area contributed by atoms with Gasteiger partial charge >= 0.3 is 5.97 Å². The maximum atomic E-state index is 10.3. The Labute approximate surface area is 62.5 Å². The van der Waals surface area contributed by atoms with Gasteiger partial charge in [0.25, 0.3) is 0 Å². The van der Waals surface area contributed by atoms with Crippen LogP contribution in [0.25, 0.3) is 0 Å². The lowest BCUT2D eigenvalue weighted by Crippen LogP contribution is -2.49. The van der Waals surface area contributed by atoms with E-state index < -0.39 is 20.2 Å². The molecule has 10 heavy (non-hydrogen) atoms. The molecule has 3 nitrogen and oxygen atoms in total. The van der Waals surface area contributed by atoms with Crippen molar-refractivity contribution in [2.75, 3.05) is 0 Å². The summed E-state index contributed by atoms with van der Waals surface area (Å²) in [6.07, 6.45) is 0. The molecule has 0 amide bonds. The molecule has 0 aromatic carbocycles. The van der Waals surface area contributed by atoms with E-state index in [9.17, 15) is 4.79 Å². The fourth-order valence-electron chi connectivity index (χ4n) is 0.711. The van der Waals surface area contributed by atoms with Gasteiger partial charge in [0.1, 0.15) is 8.24 Å². The first kappa shape index (κ1) is 9.65. The summed E-state index contributed by atoms with van der Waals surface area (Å²) in [5, 5.41) is 8.51. The normalized spacial score (nSPS) is 14.8. The van der Waals surface area contributed by atoms with E-state index in [2.05, 4.69) is 24.6 Å². The highest BCUT2D eigenvalue weighted by molar-refractivity contribution is 6.73. The van der Waals surface area contributed by atoms with Crippen molar-refractivity contribution in [2.45, 2.75) is 32.6 Å². The Hall–Kier alpha value is -0.353. The summed E-state index contributed by atoms with van der Waals surface area (Å²) in [4.78, 5) is 13.4. The number of carbonyl (C=O) groups is 1. The molecule has 0 aromatic heterocycles. The van der Waals surface area contributed by atoms with Gasteiger partial charge < -0.3 is 10.1 Å². The van der Waals surface area contributed by atoms with Crippen molar-refractivity contribution >= 4 is 14.2 Å². The van der Waals surface area contributed by atoms with E-state index in [1.165, 1.54) is 0 Å². The highest BCUT2D eigenvalue weighted by Gasteiger charge is 2.19. The fourth-order valence-corrected chi connectivity index (χ4v) is 2.13. The second-order valence-electron chi connectivity index (χ2n) is 3.45. The van der Waals surface area contributed by atoms with Crippen molar-refractivity contribution in [1.82, 2.24) is 4.98 Å². The van der Waals surface area contributed by atoms with Crippen LogP contribution < -0.4 is 4.98 Å². The van der Waals surface area contributed by atoms with Crippen LogP contribution in [-0.2, 0) is 4.79 Å². The number of hydrogen-bond acceptors (Lipinski definition) is 2. The van der Waals surface area contributed by atoms with E-state index in [1.54, 1.807) is 6.92 Å². The summed E-state index contributed by atoms with van der Waals surface area (Å²) >= 11 is 0. The van der Waals surface area contributed by atoms with E-state index in [-0.39, 0.29) is 0 Å². The highest BCUT2D eigenvalue weighted by atomic mass is 28.3. The van der Waals surface area contributed by atoms with Crippen molar-refractivity contribution in [3.63, 3.8) is 0 Å². The van der Waals surface area contributed by atoms with Gasteiger partial charge in [0.05, 0.1) is 6.04 Å². The molecule has 0 spiro atoms. The number of rotatable bonds is 3. The number of nitrogens with one attached hydrogen (secondary N) is 1. The molecule has 0 aliphatic rings. The monoisotopic (exact) mass is 161 g/mol. The first-order valence-electron chi connectivity index (χ1n) is 3.33. The van der Waals surface area contributed by atoms with Crippen molar-refractivity contribution in [3.05, 3.63) is 0 Å². The summed E-state index contributed by atoms with van der Waals surface area (Å²) in [5.41, 5.74) is 0. The minimum atomic E-state index is -1.41. The molecule has 0 saturated heterocycles. The Balaban J connectivity index is 3.80. The molecular weight excluding hydrogens is 146 g/mol. The molecule has 0 rings (SSSR count). The lowest BCUT2D eigenvalue weighted by molar-refractivity contribution is -0.138. The van der Waals surface area contributed by atoms with Gasteiger partial charge in [-0.25, -0.2) is 0 Å². The van der Waals surface area contributed by atoms with Crippen molar-refractivity contribution < 1.29 is 9.90 Å². The van der Waals surface area contributed by atoms with Crippen LogP contribution in [0.1, 0.15) is 6.92 Å². The molecule has 2 N–H and O–H groups in total. The molecule has 0 fully saturated rings. The SMILES string of the molecule is C[C@@H](N[Si](C)(C)C)C(=O)O. The highest BCUT2D eigenvalue weighted by Crippen LogP contribution is 1.96. The van der Waals surface area contributed by atoms with E-state index in [0.717, 1.165) is 0 Å². The van der Waals surface area contributed by atoms with Crippen LogP contribution in [0, 0.1) is 0 Å². The summed E-state index contributed by atoms with van der Waals surface area (Å²) in [6.45, 7) is 7.89. The Bertz CT molecular complexity index is 130. The third-order valence-corrected chi connectivity index (χ3v) is 2.32. The van der Waals surface area contributed by atoms with Gasteiger partial charge in [0, 0.05) is 0 Å². The van der Waals surface area contributed by atoms with E-state index in [0.29, 0.717) is 0 Å². The molecule has 4 heteroatoms. The second kappa shape index (κ2) is 3.16. The molecule has 0 bridgehead atoms. The van der Waals surface area contributed by atoms with Crippen LogP contribution >= 0.6 is 0 Å². The van der Waals surface area contributed by atoms with Gasteiger partial charge in [-0.3, -0.25) is 4.79 Å². The summed E-state index contributed by atoms with van der Waals surface area (Å²) in [5.74, 6) is -0.776. The molecule has 1 atom stereocenters. The molecule has 0 heterocycles. The second-order valence-corrected chi connectivity index (χ2v) is 8.24. The standard InChI is InChI=1S/C6H15NO2Si/c1-5(6(8)9)7-10(2,3)4/h5,7H,1-4H3,(H,8,9)/t5-/m1/s1. The zero-order chi connectivity index (χ0) is 8.36. The van der Waals surface area contributed by atoms with Crippen LogP contribution in [0.4, 0.5) is 0 Å². The quantitative estimate of drug-likeness (QED) is 0.604. The van der Waals surface area contributed by atoms with Gasteiger partial charge in [-0.05, 0) is 6.92 Å². The lowest BCUT2D eigenvalue weighted by Gasteiger charge is -2.20. The molecule has 60 valence electrons. The average molecular weight is 161 g/mol. The van der Waals surface area contributed by atoms with Crippen LogP contribution in [0.15, 0.2) is 0 Å². The third kappa shape index (κ3) is 4.52. The first-order valence-corrected chi connectivity index (χ1v) is 6.83. The van der Waals surface area contributed by atoms with Crippen LogP contribution in [-0.4, -0.2) is 25.4 Å². The van der Waals surface area contributed by atoms with Crippen molar-refractivity contribution in [2.24, 2.45) is 0 Å². The van der Waals surface area contributed by atoms with Crippen LogP contribution in [0.2, 0.25) is 19.6 Å². The Kier molecular flexibility index (Phi) is 3.05. The Morgan fingerprint density at radius 1 is 1.50 bits per heavy atom. The molecule has 0 radical (unpaired) electrons. The molecule has 0 unspecified atom stereocenters. The Morgan fingerprint density at radius 3 is 2.00 bits per heavy atom. The largest absolute Gasteiger partial charge is 0.480 e. The number of carboxylic acids is 1. The predicted octanol–water partition coefficient (Wildman–Crippen LogP) is 0.884. The molecule has 0 aromatic rings. The van der Waals surface area contributed by atoms with Gasteiger partial charge in [-0.1, -0.05) is 19.6 Å². The van der Waals surface area contributed by atoms with Gasteiger partial charge in [0.15, 0.2) is 0 Å². The molecular formula is C6H15NO2Si. The van der Waals surface area contributed by atoms with E-state index in [4.69, 9.17) is 5.11 Å². The Morgan fingerprint density at radius 2 is 1.90 bits per heavy atom. The minimum absolute atomic E-state index is 0.410. The van der Waals surface area contributed by atoms with Gasteiger partial charge in [-0.2, -0.15) is 0 Å². The van der Waals surface area contributed by atoms with Gasteiger partial charge in [-0.15, -0.1) is 0 Å². The number of carboxylic acid groups (broad SMARTS) is 1. The fraction of sp³-hybridized carbons (Fsp3) is 0.833.